The van der Waals surface area contributed by atoms with Crippen LogP contribution in [0.5, 0.6) is 5.75 Å². The lowest BCUT2D eigenvalue weighted by Crippen LogP contribution is -2.38. The third-order valence-electron chi connectivity index (χ3n) is 4.43. The normalized spacial score (nSPS) is 11.1. The summed E-state index contributed by atoms with van der Waals surface area (Å²) in [4.78, 5) is 12.8. The van der Waals surface area contributed by atoms with E-state index in [0.29, 0.717) is 16.5 Å². The molecule has 162 valence electrons. The number of rotatable bonds is 7. The highest BCUT2D eigenvalue weighted by Gasteiger charge is 2.28. The van der Waals surface area contributed by atoms with Crippen molar-refractivity contribution in [2.45, 2.75) is 11.8 Å². The van der Waals surface area contributed by atoms with Crippen LogP contribution < -0.4 is 14.4 Å². The van der Waals surface area contributed by atoms with Crippen molar-refractivity contribution in [2.24, 2.45) is 0 Å². The van der Waals surface area contributed by atoms with E-state index < -0.39 is 22.5 Å². The number of hydrogen-bond donors (Lipinski definition) is 1. The molecule has 0 aliphatic carbocycles. The summed E-state index contributed by atoms with van der Waals surface area (Å²) in [6.45, 7) is 1.39. The SMILES string of the molecule is COc1ccc(N(CC(=O)Nc2cccc(Cl)c2)S(=O)(=O)c2ccc(C)cc2)cc1Cl. The van der Waals surface area contributed by atoms with Crippen molar-refractivity contribution in [3.8, 4) is 5.75 Å². The molecule has 3 aromatic rings. The third-order valence-corrected chi connectivity index (χ3v) is 6.75. The molecule has 0 heterocycles. The molecule has 0 aliphatic rings. The van der Waals surface area contributed by atoms with Gasteiger partial charge in [0.1, 0.15) is 12.3 Å². The number of carbonyl (C=O) groups is 1. The van der Waals surface area contributed by atoms with Gasteiger partial charge in [-0.05, 0) is 55.5 Å². The van der Waals surface area contributed by atoms with Crippen molar-refractivity contribution < 1.29 is 17.9 Å². The average Bonchev–Trinajstić information content (AvgIpc) is 2.72. The van der Waals surface area contributed by atoms with Crippen LogP contribution in [-0.2, 0) is 14.8 Å². The minimum Gasteiger partial charge on any atom is -0.495 e. The van der Waals surface area contributed by atoms with Crippen molar-refractivity contribution in [1.29, 1.82) is 0 Å². The highest BCUT2D eigenvalue weighted by atomic mass is 35.5. The summed E-state index contributed by atoms with van der Waals surface area (Å²) in [5, 5.41) is 3.34. The van der Waals surface area contributed by atoms with Gasteiger partial charge in [-0.25, -0.2) is 8.42 Å². The molecule has 0 saturated heterocycles. The molecule has 3 aromatic carbocycles. The van der Waals surface area contributed by atoms with E-state index >= 15 is 0 Å². The zero-order chi connectivity index (χ0) is 22.6. The number of amides is 1. The zero-order valence-corrected chi connectivity index (χ0v) is 19.1. The second-order valence-corrected chi connectivity index (χ2v) is 9.41. The summed E-state index contributed by atoms with van der Waals surface area (Å²) in [5.74, 6) is -0.147. The molecule has 0 radical (unpaired) electrons. The van der Waals surface area contributed by atoms with Crippen molar-refractivity contribution >= 4 is 50.5 Å². The van der Waals surface area contributed by atoms with E-state index in [-0.39, 0.29) is 15.6 Å². The summed E-state index contributed by atoms with van der Waals surface area (Å²) in [6.07, 6.45) is 0. The van der Waals surface area contributed by atoms with Gasteiger partial charge in [0.2, 0.25) is 5.91 Å². The van der Waals surface area contributed by atoms with Gasteiger partial charge in [0.15, 0.2) is 0 Å². The summed E-state index contributed by atoms with van der Waals surface area (Å²) in [7, 11) is -2.60. The topological polar surface area (TPSA) is 75.7 Å². The fourth-order valence-electron chi connectivity index (χ4n) is 2.86. The monoisotopic (exact) mass is 478 g/mol. The first-order chi connectivity index (χ1) is 14.7. The number of methoxy groups -OCH3 is 1. The van der Waals surface area contributed by atoms with E-state index in [0.717, 1.165) is 9.87 Å². The van der Waals surface area contributed by atoms with E-state index in [4.69, 9.17) is 27.9 Å². The van der Waals surface area contributed by atoms with E-state index in [1.165, 1.54) is 31.4 Å². The molecular formula is C22H20Cl2N2O4S. The number of hydrogen-bond acceptors (Lipinski definition) is 4. The number of nitrogens with one attached hydrogen (secondary N) is 1. The number of carbonyl (C=O) groups excluding carboxylic acids is 1. The van der Waals surface area contributed by atoms with Crippen LogP contribution in [-0.4, -0.2) is 28.0 Å². The Morgan fingerprint density at radius 3 is 2.35 bits per heavy atom. The smallest absolute Gasteiger partial charge is 0.264 e. The van der Waals surface area contributed by atoms with Gasteiger partial charge < -0.3 is 10.1 Å². The van der Waals surface area contributed by atoms with Crippen LogP contribution in [0.15, 0.2) is 71.6 Å². The Labute approximate surface area is 191 Å². The molecule has 0 aromatic heterocycles. The number of halogens is 2. The van der Waals surface area contributed by atoms with Crippen LogP contribution >= 0.6 is 23.2 Å². The van der Waals surface area contributed by atoms with Gasteiger partial charge in [-0.3, -0.25) is 9.10 Å². The standard InChI is InChI=1S/C22H20Cl2N2O4S/c1-15-6-9-19(10-7-15)31(28,29)26(18-8-11-21(30-2)20(24)13-18)14-22(27)25-17-5-3-4-16(23)12-17/h3-13H,14H2,1-2H3,(H,25,27). The van der Waals surface area contributed by atoms with Crippen LogP contribution in [0.4, 0.5) is 11.4 Å². The average molecular weight is 479 g/mol. The van der Waals surface area contributed by atoms with Gasteiger partial charge in [-0.15, -0.1) is 0 Å². The van der Waals surface area contributed by atoms with Crippen molar-refractivity contribution in [1.82, 2.24) is 0 Å². The minimum atomic E-state index is -4.06. The number of aryl methyl sites for hydroxylation is 1. The molecule has 0 saturated carbocycles. The molecule has 1 amide bonds. The van der Waals surface area contributed by atoms with Gasteiger partial charge in [0.25, 0.3) is 10.0 Å². The molecule has 31 heavy (non-hydrogen) atoms. The van der Waals surface area contributed by atoms with Crippen molar-refractivity contribution in [2.75, 3.05) is 23.3 Å². The maximum absolute atomic E-state index is 13.4. The molecule has 0 spiro atoms. The molecular weight excluding hydrogens is 459 g/mol. The number of benzene rings is 3. The van der Waals surface area contributed by atoms with Crippen LogP contribution in [0.3, 0.4) is 0 Å². The maximum Gasteiger partial charge on any atom is 0.264 e. The predicted molar refractivity (Wildman–Crippen MR) is 124 cm³/mol. The molecule has 0 aliphatic heterocycles. The van der Waals surface area contributed by atoms with E-state index in [9.17, 15) is 13.2 Å². The predicted octanol–water partition coefficient (Wildman–Crippen LogP) is 5.14. The van der Waals surface area contributed by atoms with Gasteiger partial charge in [-0.2, -0.15) is 0 Å². The van der Waals surface area contributed by atoms with Crippen LogP contribution in [0.1, 0.15) is 5.56 Å². The molecule has 6 nitrogen and oxygen atoms in total. The first-order valence-electron chi connectivity index (χ1n) is 9.19. The first kappa shape index (κ1) is 22.9. The fourth-order valence-corrected chi connectivity index (χ4v) is 4.72. The second kappa shape index (κ2) is 9.60. The highest BCUT2D eigenvalue weighted by molar-refractivity contribution is 7.92. The highest BCUT2D eigenvalue weighted by Crippen LogP contribution is 2.32. The lowest BCUT2D eigenvalue weighted by atomic mass is 10.2. The number of nitrogens with zero attached hydrogens (tertiary/aromatic N) is 1. The van der Waals surface area contributed by atoms with Gasteiger partial charge in [0, 0.05) is 10.7 Å². The second-order valence-electron chi connectivity index (χ2n) is 6.70. The van der Waals surface area contributed by atoms with Crippen LogP contribution in [0.2, 0.25) is 10.0 Å². The summed E-state index contributed by atoms with van der Waals surface area (Å²) >= 11 is 12.2. The Morgan fingerprint density at radius 2 is 1.74 bits per heavy atom. The Kier molecular flexibility index (Phi) is 7.10. The molecule has 0 bridgehead atoms. The van der Waals surface area contributed by atoms with Crippen molar-refractivity contribution in [3.63, 3.8) is 0 Å². The number of ether oxygens (including phenoxy) is 1. The summed E-state index contributed by atoms with van der Waals surface area (Å²) in [6, 6.07) is 17.5. The maximum atomic E-state index is 13.4. The fraction of sp³-hybridized carbons (Fsp3) is 0.136. The molecule has 1 N–H and O–H groups in total. The van der Waals surface area contributed by atoms with Gasteiger partial charge >= 0.3 is 0 Å². The Bertz CT molecular complexity index is 1200. The Morgan fingerprint density at radius 1 is 1.03 bits per heavy atom. The Hall–Kier alpha value is -2.74. The molecule has 0 atom stereocenters. The molecule has 9 heteroatoms. The van der Waals surface area contributed by atoms with E-state index in [1.54, 1.807) is 42.5 Å². The summed E-state index contributed by atoms with van der Waals surface area (Å²) in [5.41, 5.74) is 1.60. The zero-order valence-electron chi connectivity index (χ0n) is 16.8. The quantitative estimate of drug-likeness (QED) is 0.509. The van der Waals surface area contributed by atoms with Crippen LogP contribution in [0, 0.1) is 6.92 Å². The van der Waals surface area contributed by atoms with Gasteiger partial charge in [-0.1, -0.05) is 47.0 Å². The lowest BCUT2D eigenvalue weighted by Gasteiger charge is -2.24. The number of sulfonamides is 1. The van der Waals surface area contributed by atoms with Crippen LogP contribution in [0.25, 0.3) is 0 Å². The molecule has 0 fully saturated rings. The lowest BCUT2D eigenvalue weighted by molar-refractivity contribution is -0.114. The van der Waals surface area contributed by atoms with Gasteiger partial charge in [0.05, 0.1) is 22.7 Å². The van der Waals surface area contributed by atoms with E-state index in [2.05, 4.69) is 5.32 Å². The first-order valence-corrected chi connectivity index (χ1v) is 11.4. The third kappa shape index (κ3) is 5.50. The molecule has 0 unspecified atom stereocenters. The largest absolute Gasteiger partial charge is 0.495 e. The van der Waals surface area contributed by atoms with E-state index in [1.807, 2.05) is 6.92 Å². The minimum absolute atomic E-state index is 0.0561. The molecule has 3 rings (SSSR count). The Balaban J connectivity index is 1.98. The summed E-state index contributed by atoms with van der Waals surface area (Å²) < 4.78 is 33.0. The van der Waals surface area contributed by atoms with Crippen molar-refractivity contribution in [3.05, 3.63) is 82.3 Å². The number of anilines is 2.